The Labute approximate surface area is 138 Å². The summed E-state index contributed by atoms with van der Waals surface area (Å²) < 4.78 is 5.10. The molecule has 1 aliphatic heterocycles. The van der Waals surface area contributed by atoms with Crippen LogP contribution in [0, 0.1) is 5.92 Å². The summed E-state index contributed by atoms with van der Waals surface area (Å²) in [5.41, 5.74) is 1.10. The SMILES string of the molecule is CCOC(=O)[C@@H]1CCC[NH+](CC(=O)N[C@@H](C)c2ccccc2)C1. The van der Waals surface area contributed by atoms with E-state index in [-0.39, 0.29) is 23.8 Å². The molecule has 0 saturated carbocycles. The number of benzene rings is 1. The highest BCUT2D eigenvalue weighted by molar-refractivity contribution is 5.77. The van der Waals surface area contributed by atoms with Gasteiger partial charge in [0.25, 0.3) is 5.91 Å². The highest BCUT2D eigenvalue weighted by atomic mass is 16.5. The van der Waals surface area contributed by atoms with Crippen molar-refractivity contribution in [2.24, 2.45) is 5.92 Å². The van der Waals surface area contributed by atoms with Gasteiger partial charge >= 0.3 is 5.97 Å². The second kappa shape index (κ2) is 8.67. The molecule has 2 N–H and O–H groups in total. The molecule has 1 unspecified atom stereocenters. The highest BCUT2D eigenvalue weighted by Crippen LogP contribution is 2.11. The van der Waals surface area contributed by atoms with Crippen LogP contribution in [-0.4, -0.2) is 38.1 Å². The summed E-state index contributed by atoms with van der Waals surface area (Å²) in [4.78, 5) is 25.3. The monoisotopic (exact) mass is 319 g/mol. The van der Waals surface area contributed by atoms with E-state index in [0.717, 1.165) is 29.8 Å². The van der Waals surface area contributed by atoms with Crippen LogP contribution in [0.25, 0.3) is 0 Å². The Kier molecular flexibility index (Phi) is 6.59. The maximum atomic E-state index is 12.2. The first kappa shape index (κ1) is 17.5. The quantitative estimate of drug-likeness (QED) is 0.760. The fourth-order valence-electron chi connectivity index (χ4n) is 3.12. The van der Waals surface area contributed by atoms with Crippen LogP contribution in [0.4, 0.5) is 0 Å². The molecule has 5 heteroatoms. The van der Waals surface area contributed by atoms with Gasteiger partial charge in [-0.05, 0) is 32.3 Å². The van der Waals surface area contributed by atoms with Gasteiger partial charge in [-0.25, -0.2) is 0 Å². The number of quaternary nitrogens is 1. The molecular formula is C18H27N2O3+. The summed E-state index contributed by atoms with van der Waals surface area (Å²) in [5.74, 6) is -0.165. The molecule has 0 aliphatic carbocycles. The van der Waals surface area contributed by atoms with Crippen molar-refractivity contribution in [2.75, 3.05) is 26.2 Å². The Morgan fingerprint density at radius 2 is 2.09 bits per heavy atom. The molecule has 0 radical (unpaired) electrons. The largest absolute Gasteiger partial charge is 0.466 e. The van der Waals surface area contributed by atoms with Crippen LogP contribution in [0.15, 0.2) is 30.3 Å². The van der Waals surface area contributed by atoms with E-state index in [4.69, 9.17) is 4.74 Å². The van der Waals surface area contributed by atoms with E-state index >= 15 is 0 Å². The minimum absolute atomic E-state index is 0.00579. The standard InChI is InChI=1S/C18H26N2O3/c1-3-23-18(22)16-10-7-11-20(12-16)13-17(21)19-14(2)15-8-5-4-6-9-15/h4-6,8-9,14,16H,3,7,10-13H2,1-2H3,(H,19,21)/p+1/t14-,16+/m0/s1. The van der Waals surface area contributed by atoms with Gasteiger partial charge in [0, 0.05) is 0 Å². The molecule has 0 bridgehead atoms. The molecule has 1 aliphatic rings. The van der Waals surface area contributed by atoms with Gasteiger partial charge in [0.2, 0.25) is 0 Å². The second-order valence-electron chi connectivity index (χ2n) is 6.17. The Hall–Kier alpha value is -1.88. The molecule has 0 spiro atoms. The van der Waals surface area contributed by atoms with Gasteiger partial charge in [0.1, 0.15) is 5.92 Å². The van der Waals surface area contributed by atoms with Crippen molar-refractivity contribution in [3.05, 3.63) is 35.9 Å². The minimum atomic E-state index is -0.122. The molecule has 3 atom stereocenters. The predicted molar refractivity (Wildman–Crippen MR) is 87.9 cm³/mol. The molecule has 1 heterocycles. The zero-order chi connectivity index (χ0) is 16.7. The van der Waals surface area contributed by atoms with Crippen molar-refractivity contribution in [1.82, 2.24) is 5.32 Å². The number of hydrogen-bond donors (Lipinski definition) is 2. The summed E-state index contributed by atoms with van der Waals surface area (Å²) in [5, 5.41) is 3.04. The van der Waals surface area contributed by atoms with E-state index in [9.17, 15) is 9.59 Å². The van der Waals surface area contributed by atoms with Crippen molar-refractivity contribution >= 4 is 11.9 Å². The fourth-order valence-corrected chi connectivity index (χ4v) is 3.12. The minimum Gasteiger partial charge on any atom is -0.466 e. The maximum absolute atomic E-state index is 12.2. The van der Waals surface area contributed by atoms with Crippen molar-refractivity contribution in [2.45, 2.75) is 32.7 Å². The number of likely N-dealkylation sites (tertiary alicyclic amines) is 1. The molecule has 126 valence electrons. The van der Waals surface area contributed by atoms with Crippen molar-refractivity contribution in [3.63, 3.8) is 0 Å². The molecule has 1 fully saturated rings. The van der Waals surface area contributed by atoms with Crippen LogP contribution < -0.4 is 10.2 Å². The third kappa shape index (κ3) is 5.36. The number of nitrogens with one attached hydrogen (secondary N) is 2. The van der Waals surface area contributed by atoms with Crippen LogP contribution in [0.2, 0.25) is 0 Å². The molecular weight excluding hydrogens is 292 g/mol. The van der Waals surface area contributed by atoms with Crippen LogP contribution in [0.5, 0.6) is 0 Å². The Morgan fingerprint density at radius 3 is 2.78 bits per heavy atom. The third-order valence-corrected chi connectivity index (χ3v) is 4.33. The lowest BCUT2D eigenvalue weighted by atomic mass is 9.98. The van der Waals surface area contributed by atoms with Gasteiger partial charge in [0.15, 0.2) is 6.54 Å². The summed E-state index contributed by atoms with van der Waals surface area (Å²) >= 11 is 0. The van der Waals surface area contributed by atoms with Crippen molar-refractivity contribution in [1.29, 1.82) is 0 Å². The molecule has 1 amide bonds. The number of carbonyl (C=O) groups is 2. The number of rotatable bonds is 6. The van der Waals surface area contributed by atoms with E-state index in [1.807, 2.05) is 44.2 Å². The van der Waals surface area contributed by atoms with Gasteiger partial charge < -0.3 is 15.0 Å². The number of esters is 1. The number of piperidine rings is 1. The zero-order valence-electron chi connectivity index (χ0n) is 14.0. The normalized spacial score (nSPS) is 22.2. The number of hydrogen-bond acceptors (Lipinski definition) is 3. The molecule has 23 heavy (non-hydrogen) atoms. The van der Waals surface area contributed by atoms with Crippen LogP contribution in [-0.2, 0) is 14.3 Å². The summed E-state index contributed by atoms with van der Waals surface area (Å²) in [7, 11) is 0. The van der Waals surface area contributed by atoms with E-state index < -0.39 is 0 Å². The lowest BCUT2D eigenvalue weighted by Gasteiger charge is -2.28. The molecule has 5 nitrogen and oxygen atoms in total. The first-order valence-electron chi connectivity index (χ1n) is 8.44. The van der Waals surface area contributed by atoms with Crippen LogP contribution in [0.1, 0.15) is 38.3 Å². The molecule has 0 aromatic heterocycles. The highest BCUT2D eigenvalue weighted by Gasteiger charge is 2.30. The smallest absolute Gasteiger partial charge is 0.314 e. The van der Waals surface area contributed by atoms with E-state index in [0.29, 0.717) is 19.7 Å². The molecule has 1 saturated heterocycles. The Bertz CT molecular complexity index is 518. The number of carbonyl (C=O) groups excluding carboxylic acids is 2. The van der Waals surface area contributed by atoms with Crippen LogP contribution in [0.3, 0.4) is 0 Å². The van der Waals surface area contributed by atoms with Gasteiger partial charge in [-0.2, -0.15) is 0 Å². The predicted octanol–water partition coefficient (Wildman–Crippen LogP) is 0.722. The van der Waals surface area contributed by atoms with Crippen molar-refractivity contribution in [3.8, 4) is 0 Å². The summed E-state index contributed by atoms with van der Waals surface area (Å²) in [6.45, 7) is 6.26. The van der Waals surface area contributed by atoms with Gasteiger partial charge in [-0.3, -0.25) is 9.59 Å². The van der Waals surface area contributed by atoms with Crippen molar-refractivity contribution < 1.29 is 19.2 Å². The average molecular weight is 319 g/mol. The lowest BCUT2D eigenvalue weighted by molar-refractivity contribution is -0.899. The van der Waals surface area contributed by atoms with Gasteiger partial charge in [-0.1, -0.05) is 30.3 Å². The number of ether oxygens (including phenoxy) is 1. The first-order valence-corrected chi connectivity index (χ1v) is 8.44. The Morgan fingerprint density at radius 1 is 1.35 bits per heavy atom. The summed E-state index contributed by atoms with van der Waals surface area (Å²) in [6.07, 6.45) is 1.82. The first-order chi connectivity index (χ1) is 11.1. The Balaban J connectivity index is 1.81. The van der Waals surface area contributed by atoms with E-state index in [1.54, 1.807) is 0 Å². The fraction of sp³-hybridized carbons (Fsp3) is 0.556. The third-order valence-electron chi connectivity index (χ3n) is 4.33. The molecule has 1 aromatic rings. The average Bonchev–Trinajstić information content (AvgIpc) is 2.56. The summed E-state index contributed by atoms with van der Waals surface area (Å²) in [6, 6.07) is 9.92. The second-order valence-corrected chi connectivity index (χ2v) is 6.17. The van der Waals surface area contributed by atoms with E-state index in [2.05, 4.69) is 5.32 Å². The maximum Gasteiger partial charge on any atom is 0.314 e. The van der Waals surface area contributed by atoms with Gasteiger partial charge in [0.05, 0.1) is 25.7 Å². The van der Waals surface area contributed by atoms with Gasteiger partial charge in [-0.15, -0.1) is 0 Å². The topological polar surface area (TPSA) is 59.8 Å². The number of amides is 1. The van der Waals surface area contributed by atoms with Crippen LogP contribution >= 0.6 is 0 Å². The zero-order valence-corrected chi connectivity index (χ0v) is 14.0. The lowest BCUT2D eigenvalue weighted by Crippen LogP contribution is -3.14. The molecule has 1 aromatic carbocycles. The van der Waals surface area contributed by atoms with E-state index in [1.165, 1.54) is 0 Å². The molecule has 2 rings (SSSR count).